The summed E-state index contributed by atoms with van der Waals surface area (Å²) in [4.78, 5) is 0. The highest BCUT2D eigenvalue weighted by molar-refractivity contribution is 5.86. The van der Waals surface area contributed by atoms with Crippen molar-refractivity contribution in [1.82, 2.24) is 0 Å². The van der Waals surface area contributed by atoms with Gasteiger partial charge in [0.2, 0.25) is 11.4 Å². The number of benzene rings is 2. The lowest BCUT2D eigenvalue weighted by Gasteiger charge is -2.36. The van der Waals surface area contributed by atoms with E-state index in [9.17, 15) is 5.26 Å². The number of rotatable bonds is 4. The molecule has 1 heterocycles. The zero-order chi connectivity index (χ0) is 17.3. The SMILES string of the molecule is CCC1(C#N)Oc2ccccc2-c2c1cc(OC)c(OC)c2OC. The van der Waals surface area contributed by atoms with Gasteiger partial charge >= 0.3 is 0 Å². The number of methoxy groups -OCH3 is 3. The molecule has 0 saturated heterocycles. The van der Waals surface area contributed by atoms with E-state index in [4.69, 9.17) is 18.9 Å². The van der Waals surface area contributed by atoms with Crippen LogP contribution in [0.5, 0.6) is 23.0 Å². The molecule has 1 atom stereocenters. The zero-order valence-electron chi connectivity index (χ0n) is 14.2. The Balaban J connectivity index is 2.47. The Morgan fingerprint density at radius 1 is 1.08 bits per heavy atom. The van der Waals surface area contributed by atoms with Crippen molar-refractivity contribution in [3.63, 3.8) is 0 Å². The van der Waals surface area contributed by atoms with Crippen LogP contribution in [0.25, 0.3) is 11.1 Å². The molecule has 24 heavy (non-hydrogen) atoms. The van der Waals surface area contributed by atoms with E-state index in [1.54, 1.807) is 27.4 Å². The van der Waals surface area contributed by atoms with Gasteiger partial charge in [0.1, 0.15) is 11.8 Å². The Bertz CT molecular complexity index is 825. The third-order valence-electron chi connectivity index (χ3n) is 4.38. The Morgan fingerprint density at radius 2 is 1.79 bits per heavy atom. The van der Waals surface area contributed by atoms with Crippen LogP contribution in [0, 0.1) is 11.3 Å². The maximum atomic E-state index is 9.88. The summed E-state index contributed by atoms with van der Waals surface area (Å²) in [6.45, 7) is 1.92. The minimum atomic E-state index is -1.10. The predicted octanol–water partition coefficient (Wildman–Crippen LogP) is 3.90. The lowest BCUT2D eigenvalue weighted by atomic mass is 9.82. The Kier molecular flexibility index (Phi) is 3.98. The summed E-state index contributed by atoms with van der Waals surface area (Å²) >= 11 is 0. The van der Waals surface area contributed by atoms with Gasteiger partial charge in [-0.2, -0.15) is 5.26 Å². The van der Waals surface area contributed by atoms with Gasteiger partial charge in [-0.05, 0) is 12.1 Å². The van der Waals surface area contributed by atoms with Crippen molar-refractivity contribution in [2.45, 2.75) is 18.9 Å². The fraction of sp³-hybridized carbons (Fsp3) is 0.316. The fourth-order valence-corrected chi connectivity index (χ4v) is 3.17. The second kappa shape index (κ2) is 5.97. The third kappa shape index (κ3) is 2.07. The summed E-state index contributed by atoms with van der Waals surface area (Å²) in [6, 6.07) is 11.7. The molecule has 0 amide bonds. The molecule has 0 N–H and O–H groups in total. The van der Waals surface area contributed by atoms with E-state index in [0.717, 1.165) is 16.7 Å². The van der Waals surface area contributed by atoms with Crippen molar-refractivity contribution >= 4 is 0 Å². The molecule has 0 spiro atoms. The largest absolute Gasteiger partial charge is 0.493 e. The van der Waals surface area contributed by atoms with Crippen molar-refractivity contribution in [2.24, 2.45) is 0 Å². The summed E-state index contributed by atoms with van der Waals surface area (Å²) in [5.41, 5.74) is 1.29. The van der Waals surface area contributed by atoms with Crippen LogP contribution in [-0.2, 0) is 5.60 Å². The molecule has 0 bridgehead atoms. The van der Waals surface area contributed by atoms with Crippen LogP contribution in [0.4, 0.5) is 0 Å². The van der Waals surface area contributed by atoms with Crippen LogP contribution in [0.3, 0.4) is 0 Å². The maximum absolute atomic E-state index is 9.88. The van der Waals surface area contributed by atoms with Gasteiger partial charge in [-0.25, -0.2) is 0 Å². The molecule has 0 radical (unpaired) electrons. The van der Waals surface area contributed by atoms with Gasteiger partial charge in [0.15, 0.2) is 11.5 Å². The van der Waals surface area contributed by atoms with E-state index < -0.39 is 5.60 Å². The lowest BCUT2D eigenvalue weighted by molar-refractivity contribution is 0.119. The first kappa shape index (κ1) is 16.0. The number of nitriles is 1. The number of fused-ring (bicyclic) bond motifs is 3. The molecule has 1 aliphatic rings. The normalized spacial score (nSPS) is 17.8. The second-order valence-corrected chi connectivity index (χ2v) is 5.46. The van der Waals surface area contributed by atoms with Gasteiger partial charge in [-0.15, -0.1) is 0 Å². The number of para-hydroxylation sites is 1. The molecule has 2 aromatic carbocycles. The first-order valence-corrected chi connectivity index (χ1v) is 7.68. The van der Waals surface area contributed by atoms with Crippen LogP contribution in [0.1, 0.15) is 18.9 Å². The monoisotopic (exact) mass is 325 g/mol. The van der Waals surface area contributed by atoms with E-state index >= 15 is 0 Å². The molecule has 2 aromatic rings. The average molecular weight is 325 g/mol. The number of hydrogen-bond acceptors (Lipinski definition) is 5. The van der Waals surface area contributed by atoms with Gasteiger partial charge in [-0.3, -0.25) is 0 Å². The lowest BCUT2D eigenvalue weighted by Crippen LogP contribution is -2.34. The van der Waals surface area contributed by atoms with Crippen molar-refractivity contribution in [3.8, 4) is 40.2 Å². The molecule has 0 fully saturated rings. The third-order valence-corrected chi connectivity index (χ3v) is 4.38. The quantitative estimate of drug-likeness (QED) is 0.853. The minimum absolute atomic E-state index is 0.490. The molecule has 124 valence electrons. The van der Waals surface area contributed by atoms with Gasteiger partial charge in [0, 0.05) is 23.1 Å². The number of nitrogens with zero attached hydrogens (tertiary/aromatic N) is 1. The van der Waals surface area contributed by atoms with E-state index in [0.29, 0.717) is 29.4 Å². The molecule has 0 aliphatic carbocycles. The van der Waals surface area contributed by atoms with Crippen LogP contribution in [0.15, 0.2) is 30.3 Å². The van der Waals surface area contributed by atoms with E-state index in [-0.39, 0.29) is 0 Å². The molecule has 5 nitrogen and oxygen atoms in total. The number of hydrogen-bond donors (Lipinski definition) is 0. The highest BCUT2D eigenvalue weighted by Crippen LogP contribution is 2.55. The Hall–Kier alpha value is -2.87. The van der Waals surface area contributed by atoms with Crippen molar-refractivity contribution in [3.05, 3.63) is 35.9 Å². The highest BCUT2D eigenvalue weighted by atomic mass is 16.5. The molecule has 0 saturated carbocycles. The van der Waals surface area contributed by atoms with E-state index in [1.165, 1.54) is 0 Å². The smallest absolute Gasteiger partial charge is 0.220 e. The van der Waals surface area contributed by atoms with Gasteiger partial charge in [0.25, 0.3) is 0 Å². The second-order valence-electron chi connectivity index (χ2n) is 5.46. The molecular formula is C19H19NO4. The fourth-order valence-electron chi connectivity index (χ4n) is 3.17. The van der Waals surface area contributed by atoms with Gasteiger partial charge in [0.05, 0.1) is 21.3 Å². The summed E-state index contributed by atoms with van der Waals surface area (Å²) in [7, 11) is 4.70. The molecule has 1 unspecified atom stereocenters. The Labute approximate surface area is 141 Å². The number of ether oxygens (including phenoxy) is 4. The first-order chi connectivity index (χ1) is 11.7. The summed E-state index contributed by atoms with van der Waals surface area (Å²) in [5, 5.41) is 9.88. The molecule has 0 aromatic heterocycles. The van der Waals surface area contributed by atoms with E-state index in [2.05, 4.69) is 6.07 Å². The van der Waals surface area contributed by atoms with Crippen LogP contribution < -0.4 is 18.9 Å². The van der Waals surface area contributed by atoms with Gasteiger partial charge < -0.3 is 18.9 Å². The van der Waals surface area contributed by atoms with Crippen molar-refractivity contribution in [2.75, 3.05) is 21.3 Å². The highest BCUT2D eigenvalue weighted by Gasteiger charge is 2.43. The first-order valence-electron chi connectivity index (χ1n) is 7.68. The predicted molar refractivity (Wildman–Crippen MR) is 89.7 cm³/mol. The average Bonchev–Trinajstić information content (AvgIpc) is 2.65. The van der Waals surface area contributed by atoms with Gasteiger partial charge in [-0.1, -0.05) is 25.1 Å². The topological polar surface area (TPSA) is 60.7 Å². The van der Waals surface area contributed by atoms with Crippen LogP contribution in [-0.4, -0.2) is 21.3 Å². The maximum Gasteiger partial charge on any atom is 0.220 e. The van der Waals surface area contributed by atoms with Crippen molar-refractivity contribution < 1.29 is 18.9 Å². The summed E-state index contributed by atoms with van der Waals surface area (Å²) in [6.07, 6.45) is 0.490. The van der Waals surface area contributed by atoms with Crippen molar-refractivity contribution in [1.29, 1.82) is 5.26 Å². The summed E-state index contributed by atoms with van der Waals surface area (Å²) < 4.78 is 22.7. The molecule has 1 aliphatic heterocycles. The molecule has 3 rings (SSSR count). The van der Waals surface area contributed by atoms with Crippen LogP contribution in [0.2, 0.25) is 0 Å². The zero-order valence-corrected chi connectivity index (χ0v) is 14.2. The van der Waals surface area contributed by atoms with Crippen LogP contribution >= 0.6 is 0 Å². The summed E-state index contributed by atoms with van der Waals surface area (Å²) in [5.74, 6) is 2.19. The molecule has 5 heteroatoms. The molecular weight excluding hydrogens is 306 g/mol. The van der Waals surface area contributed by atoms with E-state index in [1.807, 2.05) is 31.2 Å². The minimum Gasteiger partial charge on any atom is -0.493 e. The standard InChI is InChI=1S/C19H19NO4/c1-5-19(11-20)13-10-15(21-2)17(22-3)18(23-4)16(13)12-8-6-7-9-14(12)24-19/h6-10H,5H2,1-4H3. The Morgan fingerprint density at radius 3 is 2.38 bits per heavy atom.